The molecule has 5 nitrogen and oxygen atoms in total. The Bertz CT molecular complexity index is 468. The van der Waals surface area contributed by atoms with Crippen molar-refractivity contribution in [1.82, 2.24) is 0 Å². The highest BCUT2D eigenvalue weighted by atomic mass is 16.5. The average Bonchev–Trinajstić information content (AvgIpc) is 2.49. The predicted molar refractivity (Wildman–Crippen MR) is 80.9 cm³/mol. The molecule has 0 aliphatic heterocycles. The Kier molecular flexibility index (Phi) is 7.97. The van der Waals surface area contributed by atoms with Gasteiger partial charge in [0.1, 0.15) is 18.1 Å². The van der Waals surface area contributed by atoms with Gasteiger partial charge >= 0.3 is 5.97 Å². The molecule has 0 radical (unpaired) electrons. The summed E-state index contributed by atoms with van der Waals surface area (Å²) in [6, 6.07) is 5.25. The van der Waals surface area contributed by atoms with Crippen LogP contribution in [0.3, 0.4) is 0 Å². The minimum absolute atomic E-state index is 0.421. The standard InChI is InChI=1S/C16H22O5/c1-3-4-9-20-10-11-21-15-7-6-14(19-2)12-13(15)5-8-16(17)18/h5-8,12H,3-4,9-11H2,1-2H3,(H,17,18). The molecule has 5 heteroatoms. The second kappa shape index (κ2) is 9.83. The van der Waals surface area contributed by atoms with Crippen molar-refractivity contribution in [3.8, 4) is 11.5 Å². The smallest absolute Gasteiger partial charge is 0.328 e. The Balaban J connectivity index is 2.60. The van der Waals surface area contributed by atoms with Gasteiger partial charge in [0.15, 0.2) is 0 Å². The fourth-order valence-electron chi connectivity index (χ4n) is 1.64. The summed E-state index contributed by atoms with van der Waals surface area (Å²) in [4.78, 5) is 10.6. The predicted octanol–water partition coefficient (Wildman–Crippen LogP) is 2.99. The van der Waals surface area contributed by atoms with Crippen LogP contribution >= 0.6 is 0 Å². The summed E-state index contributed by atoms with van der Waals surface area (Å²) < 4.78 is 16.2. The quantitative estimate of drug-likeness (QED) is 0.531. The van der Waals surface area contributed by atoms with Crippen LogP contribution in [-0.2, 0) is 9.53 Å². The highest BCUT2D eigenvalue weighted by molar-refractivity contribution is 5.86. The Morgan fingerprint density at radius 1 is 1.29 bits per heavy atom. The molecule has 1 N–H and O–H groups in total. The number of carboxylic acid groups (broad SMARTS) is 1. The fraction of sp³-hybridized carbons (Fsp3) is 0.438. The van der Waals surface area contributed by atoms with Crippen molar-refractivity contribution in [2.24, 2.45) is 0 Å². The van der Waals surface area contributed by atoms with Gasteiger partial charge in [-0.05, 0) is 30.7 Å². The van der Waals surface area contributed by atoms with E-state index >= 15 is 0 Å². The van der Waals surface area contributed by atoms with Crippen LogP contribution in [0.2, 0.25) is 0 Å². The van der Waals surface area contributed by atoms with Crippen LogP contribution in [0.25, 0.3) is 6.08 Å². The number of carbonyl (C=O) groups is 1. The largest absolute Gasteiger partial charge is 0.497 e. The van der Waals surface area contributed by atoms with Gasteiger partial charge in [-0.15, -0.1) is 0 Å². The Morgan fingerprint density at radius 2 is 2.10 bits per heavy atom. The third-order valence-corrected chi connectivity index (χ3v) is 2.75. The summed E-state index contributed by atoms with van der Waals surface area (Å²) in [7, 11) is 1.56. The van der Waals surface area contributed by atoms with Crippen molar-refractivity contribution in [1.29, 1.82) is 0 Å². The van der Waals surface area contributed by atoms with Gasteiger partial charge in [0, 0.05) is 18.2 Å². The van der Waals surface area contributed by atoms with Crippen molar-refractivity contribution >= 4 is 12.0 Å². The third-order valence-electron chi connectivity index (χ3n) is 2.75. The van der Waals surface area contributed by atoms with Crippen LogP contribution < -0.4 is 9.47 Å². The van der Waals surface area contributed by atoms with Crippen LogP contribution in [-0.4, -0.2) is 38.0 Å². The number of benzene rings is 1. The van der Waals surface area contributed by atoms with Gasteiger partial charge in [-0.1, -0.05) is 13.3 Å². The zero-order valence-corrected chi connectivity index (χ0v) is 12.5. The van der Waals surface area contributed by atoms with E-state index in [2.05, 4.69) is 6.92 Å². The van der Waals surface area contributed by atoms with Gasteiger partial charge in [0.05, 0.1) is 13.7 Å². The van der Waals surface area contributed by atoms with E-state index in [4.69, 9.17) is 19.3 Å². The Hall–Kier alpha value is -2.01. The highest BCUT2D eigenvalue weighted by Gasteiger charge is 2.04. The molecule has 0 saturated heterocycles. The second-order valence-corrected chi connectivity index (χ2v) is 4.39. The van der Waals surface area contributed by atoms with Gasteiger partial charge in [-0.25, -0.2) is 4.79 Å². The number of rotatable bonds is 10. The van der Waals surface area contributed by atoms with Gasteiger partial charge in [-0.3, -0.25) is 0 Å². The van der Waals surface area contributed by atoms with E-state index < -0.39 is 5.97 Å². The third kappa shape index (κ3) is 6.81. The molecule has 0 saturated carbocycles. The van der Waals surface area contributed by atoms with E-state index in [0.717, 1.165) is 25.5 Å². The molecular weight excluding hydrogens is 272 g/mol. The number of carboxylic acids is 1. The fourth-order valence-corrected chi connectivity index (χ4v) is 1.64. The number of unbranched alkanes of at least 4 members (excludes halogenated alkanes) is 1. The summed E-state index contributed by atoms with van der Waals surface area (Å²) in [5.74, 6) is 0.241. The molecule has 0 aliphatic carbocycles. The molecule has 0 amide bonds. The van der Waals surface area contributed by atoms with Crippen LogP contribution in [0.5, 0.6) is 11.5 Å². The Labute approximate surface area is 125 Å². The van der Waals surface area contributed by atoms with Crippen LogP contribution in [0.4, 0.5) is 0 Å². The van der Waals surface area contributed by atoms with Crippen LogP contribution in [0.15, 0.2) is 24.3 Å². The molecule has 21 heavy (non-hydrogen) atoms. The minimum atomic E-state index is -1.01. The van der Waals surface area contributed by atoms with Crippen molar-refractivity contribution < 1.29 is 24.1 Å². The van der Waals surface area contributed by atoms with Gasteiger partial charge in [0.2, 0.25) is 0 Å². The first-order valence-corrected chi connectivity index (χ1v) is 6.97. The molecule has 0 aliphatic rings. The SMILES string of the molecule is CCCCOCCOc1ccc(OC)cc1C=CC(=O)O. The first-order chi connectivity index (χ1) is 10.2. The Morgan fingerprint density at radius 3 is 2.76 bits per heavy atom. The lowest BCUT2D eigenvalue weighted by Gasteiger charge is -2.11. The number of ether oxygens (including phenoxy) is 3. The maximum atomic E-state index is 10.6. The summed E-state index contributed by atoms with van der Waals surface area (Å²) in [6.45, 7) is 3.77. The number of methoxy groups -OCH3 is 1. The van der Waals surface area contributed by atoms with Crippen molar-refractivity contribution in [2.45, 2.75) is 19.8 Å². The lowest BCUT2D eigenvalue weighted by Crippen LogP contribution is -2.08. The van der Waals surface area contributed by atoms with Crippen molar-refractivity contribution in [3.63, 3.8) is 0 Å². The molecule has 116 valence electrons. The van der Waals surface area contributed by atoms with Crippen LogP contribution in [0.1, 0.15) is 25.3 Å². The lowest BCUT2D eigenvalue weighted by molar-refractivity contribution is -0.131. The first kappa shape index (κ1) is 17.0. The molecule has 0 aromatic heterocycles. The first-order valence-electron chi connectivity index (χ1n) is 6.97. The lowest BCUT2D eigenvalue weighted by atomic mass is 10.1. The van der Waals surface area contributed by atoms with E-state index in [9.17, 15) is 4.79 Å². The van der Waals surface area contributed by atoms with E-state index in [-0.39, 0.29) is 0 Å². The number of hydrogen-bond donors (Lipinski definition) is 1. The van der Waals surface area contributed by atoms with Gasteiger partial charge in [-0.2, -0.15) is 0 Å². The zero-order valence-electron chi connectivity index (χ0n) is 12.5. The van der Waals surface area contributed by atoms with Crippen LogP contribution in [0, 0.1) is 0 Å². The average molecular weight is 294 g/mol. The maximum absolute atomic E-state index is 10.6. The second-order valence-electron chi connectivity index (χ2n) is 4.39. The number of aliphatic carboxylic acids is 1. The maximum Gasteiger partial charge on any atom is 0.328 e. The van der Waals surface area contributed by atoms with Crippen molar-refractivity contribution in [3.05, 3.63) is 29.8 Å². The van der Waals surface area contributed by atoms with E-state index in [1.54, 1.807) is 25.3 Å². The molecule has 1 aromatic rings. The topological polar surface area (TPSA) is 65.0 Å². The monoisotopic (exact) mass is 294 g/mol. The molecule has 0 heterocycles. The molecule has 1 aromatic carbocycles. The number of hydrogen-bond acceptors (Lipinski definition) is 4. The highest BCUT2D eigenvalue weighted by Crippen LogP contribution is 2.25. The molecule has 1 rings (SSSR count). The minimum Gasteiger partial charge on any atom is -0.497 e. The summed E-state index contributed by atoms with van der Waals surface area (Å²) >= 11 is 0. The summed E-state index contributed by atoms with van der Waals surface area (Å²) in [5.41, 5.74) is 0.658. The molecule has 0 unspecified atom stereocenters. The van der Waals surface area contributed by atoms with Gasteiger partial charge < -0.3 is 19.3 Å². The van der Waals surface area contributed by atoms with Crippen molar-refractivity contribution in [2.75, 3.05) is 26.9 Å². The zero-order chi connectivity index (χ0) is 15.5. The molecule has 0 bridgehead atoms. The summed E-state index contributed by atoms with van der Waals surface area (Å²) in [5, 5.41) is 8.71. The van der Waals surface area contributed by atoms with E-state index in [0.29, 0.717) is 30.3 Å². The van der Waals surface area contributed by atoms with E-state index in [1.807, 2.05) is 0 Å². The van der Waals surface area contributed by atoms with Gasteiger partial charge in [0.25, 0.3) is 0 Å². The normalized spacial score (nSPS) is 10.8. The molecule has 0 spiro atoms. The summed E-state index contributed by atoms with van der Waals surface area (Å²) in [6.07, 6.45) is 4.69. The molecule has 0 atom stereocenters. The molecule has 0 fully saturated rings. The van der Waals surface area contributed by atoms with E-state index in [1.165, 1.54) is 6.08 Å². The molecular formula is C16H22O5.